The number of nitrogens with one attached hydrogen (secondary N) is 1. The van der Waals surface area contributed by atoms with Gasteiger partial charge in [0.25, 0.3) is 0 Å². The topological polar surface area (TPSA) is 54.9 Å². The minimum atomic E-state index is -0.195. The predicted octanol–water partition coefficient (Wildman–Crippen LogP) is 1.92. The zero-order valence-corrected chi connectivity index (χ0v) is 8.84. The van der Waals surface area contributed by atoms with Crippen LogP contribution < -0.4 is 5.32 Å². The van der Waals surface area contributed by atoms with E-state index in [2.05, 4.69) is 15.5 Å². The van der Waals surface area contributed by atoms with Crippen LogP contribution in [0.25, 0.3) is 0 Å². The van der Waals surface area contributed by atoms with Crippen LogP contribution in [0.3, 0.4) is 0 Å². The van der Waals surface area contributed by atoms with E-state index in [1.807, 2.05) is 19.9 Å². The van der Waals surface area contributed by atoms with Crippen molar-refractivity contribution in [3.8, 4) is 0 Å². The summed E-state index contributed by atoms with van der Waals surface area (Å²) in [5.74, 6) is -0.195. The molecule has 1 aromatic heterocycles. The lowest BCUT2D eigenvalue weighted by molar-refractivity contribution is -0.111. The molecule has 1 amide bonds. The lowest BCUT2D eigenvalue weighted by Gasteiger charge is -1.92. The molecule has 0 fully saturated rings. The summed E-state index contributed by atoms with van der Waals surface area (Å²) in [6.07, 6.45) is 6.74. The predicted molar refractivity (Wildman–Crippen MR) is 57.2 cm³/mol. The second kappa shape index (κ2) is 5.29. The first-order valence-corrected chi connectivity index (χ1v) is 4.94. The van der Waals surface area contributed by atoms with Crippen LogP contribution in [0.2, 0.25) is 0 Å². The Hall–Kier alpha value is -1.49. The molecule has 0 atom stereocenters. The molecule has 4 nitrogen and oxygen atoms in total. The molecule has 1 N–H and O–H groups in total. The highest BCUT2D eigenvalue weighted by Gasteiger charge is 2.01. The average molecular weight is 209 g/mol. The van der Waals surface area contributed by atoms with Crippen molar-refractivity contribution in [2.45, 2.75) is 13.8 Å². The monoisotopic (exact) mass is 209 g/mol. The lowest BCUT2D eigenvalue weighted by atomic mass is 10.4. The summed E-state index contributed by atoms with van der Waals surface area (Å²) in [7, 11) is 0. The maximum Gasteiger partial charge on any atom is 0.250 e. The number of allylic oxidation sites excluding steroid dienone is 3. The molecule has 0 aliphatic carbocycles. The molecule has 0 aliphatic heterocycles. The molecule has 0 bridgehead atoms. The molecule has 0 saturated heterocycles. The highest BCUT2D eigenvalue weighted by Crippen LogP contribution is 2.13. The Labute approximate surface area is 86.4 Å². The van der Waals surface area contributed by atoms with E-state index in [-0.39, 0.29) is 5.91 Å². The number of nitrogens with zero attached hydrogens (tertiary/aromatic N) is 2. The third-order valence-corrected chi connectivity index (χ3v) is 2.06. The molecule has 5 heteroatoms. The van der Waals surface area contributed by atoms with Crippen molar-refractivity contribution in [3.05, 3.63) is 29.3 Å². The van der Waals surface area contributed by atoms with E-state index in [1.54, 1.807) is 12.2 Å². The molecule has 0 aromatic carbocycles. The first kappa shape index (κ1) is 10.6. The van der Waals surface area contributed by atoms with E-state index in [0.29, 0.717) is 5.13 Å². The molecule has 1 rings (SSSR count). The number of carbonyl (C=O) groups excluding carboxylic acids is 1. The first-order chi connectivity index (χ1) is 6.72. The quantitative estimate of drug-likeness (QED) is 0.611. The highest BCUT2D eigenvalue weighted by molar-refractivity contribution is 7.15. The first-order valence-electron chi connectivity index (χ1n) is 4.13. The van der Waals surface area contributed by atoms with Crippen molar-refractivity contribution >= 4 is 22.4 Å². The van der Waals surface area contributed by atoms with Gasteiger partial charge < -0.3 is 0 Å². The number of hydrogen-bond donors (Lipinski definition) is 1. The lowest BCUT2D eigenvalue weighted by Crippen LogP contribution is -2.07. The van der Waals surface area contributed by atoms with Gasteiger partial charge in [0.15, 0.2) is 0 Å². The summed E-state index contributed by atoms with van der Waals surface area (Å²) in [5, 5.41) is 11.5. The second-order valence-electron chi connectivity index (χ2n) is 2.50. The van der Waals surface area contributed by atoms with Gasteiger partial charge in [-0.3, -0.25) is 10.1 Å². The van der Waals surface area contributed by atoms with Crippen LogP contribution in [-0.2, 0) is 4.79 Å². The molecular formula is C9H11N3OS. The van der Waals surface area contributed by atoms with E-state index >= 15 is 0 Å². The minimum absolute atomic E-state index is 0.195. The molecular weight excluding hydrogens is 198 g/mol. The third kappa shape index (κ3) is 3.49. The van der Waals surface area contributed by atoms with Crippen LogP contribution in [0.4, 0.5) is 5.13 Å². The second-order valence-corrected chi connectivity index (χ2v) is 3.68. The standard InChI is InChI=1S/C9H11N3OS/c1-3-4-5-6-8(13)10-9-12-11-7(2)14-9/h3-6H,1-2H3,(H,10,12,13)/b4-3+,6-5+. The number of rotatable bonds is 3. The number of aryl methyl sites for hydroxylation is 1. The summed E-state index contributed by atoms with van der Waals surface area (Å²) < 4.78 is 0. The van der Waals surface area contributed by atoms with Crippen LogP contribution >= 0.6 is 11.3 Å². The van der Waals surface area contributed by atoms with Crippen molar-refractivity contribution < 1.29 is 4.79 Å². The molecule has 74 valence electrons. The fraction of sp³-hybridized carbons (Fsp3) is 0.222. The zero-order chi connectivity index (χ0) is 10.4. The molecule has 0 radical (unpaired) electrons. The number of aromatic nitrogens is 2. The molecule has 1 heterocycles. The van der Waals surface area contributed by atoms with Crippen molar-refractivity contribution in [1.29, 1.82) is 0 Å². The van der Waals surface area contributed by atoms with Crippen molar-refractivity contribution in [2.24, 2.45) is 0 Å². The Morgan fingerprint density at radius 3 is 2.79 bits per heavy atom. The summed E-state index contributed by atoms with van der Waals surface area (Å²) in [6, 6.07) is 0. The molecule has 0 unspecified atom stereocenters. The van der Waals surface area contributed by atoms with Gasteiger partial charge in [0.1, 0.15) is 5.01 Å². The van der Waals surface area contributed by atoms with Crippen LogP contribution in [-0.4, -0.2) is 16.1 Å². The Morgan fingerprint density at radius 1 is 1.43 bits per heavy atom. The average Bonchev–Trinajstić information content (AvgIpc) is 2.52. The van der Waals surface area contributed by atoms with Crippen LogP contribution in [0.15, 0.2) is 24.3 Å². The normalized spacial score (nSPS) is 11.3. The molecule has 1 aromatic rings. The largest absolute Gasteiger partial charge is 0.297 e. The van der Waals surface area contributed by atoms with Gasteiger partial charge in [-0.2, -0.15) is 0 Å². The van der Waals surface area contributed by atoms with Crippen molar-refractivity contribution in [2.75, 3.05) is 5.32 Å². The van der Waals surface area contributed by atoms with Gasteiger partial charge in [-0.15, -0.1) is 10.2 Å². The van der Waals surface area contributed by atoms with Crippen LogP contribution in [0, 0.1) is 6.92 Å². The summed E-state index contributed by atoms with van der Waals surface area (Å²) >= 11 is 1.35. The van der Waals surface area contributed by atoms with Crippen LogP contribution in [0.5, 0.6) is 0 Å². The Morgan fingerprint density at radius 2 is 2.21 bits per heavy atom. The zero-order valence-electron chi connectivity index (χ0n) is 8.02. The Kier molecular flexibility index (Phi) is 4.00. The van der Waals surface area contributed by atoms with E-state index in [0.717, 1.165) is 5.01 Å². The maximum absolute atomic E-state index is 11.2. The smallest absolute Gasteiger partial charge is 0.250 e. The fourth-order valence-corrected chi connectivity index (χ4v) is 1.34. The van der Waals surface area contributed by atoms with Crippen molar-refractivity contribution in [1.82, 2.24) is 10.2 Å². The van der Waals surface area contributed by atoms with Gasteiger partial charge in [0.2, 0.25) is 11.0 Å². The number of hydrogen-bond acceptors (Lipinski definition) is 4. The molecule has 0 spiro atoms. The summed E-state index contributed by atoms with van der Waals surface area (Å²) in [5.41, 5.74) is 0. The van der Waals surface area contributed by atoms with Gasteiger partial charge in [-0.1, -0.05) is 29.6 Å². The molecule has 0 saturated carbocycles. The SMILES string of the molecule is C/C=C/C=C/C(=O)Nc1nnc(C)s1. The number of anilines is 1. The van der Waals surface area contributed by atoms with E-state index in [4.69, 9.17) is 0 Å². The summed E-state index contributed by atoms with van der Waals surface area (Å²) in [6.45, 7) is 3.72. The van der Waals surface area contributed by atoms with E-state index in [1.165, 1.54) is 17.4 Å². The Bertz CT molecular complexity index is 368. The third-order valence-electron chi connectivity index (χ3n) is 1.31. The van der Waals surface area contributed by atoms with E-state index < -0.39 is 0 Å². The molecule has 14 heavy (non-hydrogen) atoms. The van der Waals surface area contributed by atoms with Gasteiger partial charge in [0, 0.05) is 6.08 Å². The van der Waals surface area contributed by atoms with E-state index in [9.17, 15) is 4.79 Å². The number of carbonyl (C=O) groups is 1. The fourth-order valence-electron chi connectivity index (χ4n) is 0.748. The Balaban J connectivity index is 2.49. The van der Waals surface area contributed by atoms with Gasteiger partial charge in [0.05, 0.1) is 0 Å². The summed E-state index contributed by atoms with van der Waals surface area (Å²) in [4.78, 5) is 11.2. The maximum atomic E-state index is 11.2. The minimum Gasteiger partial charge on any atom is -0.297 e. The van der Waals surface area contributed by atoms with Crippen molar-refractivity contribution in [3.63, 3.8) is 0 Å². The van der Waals surface area contributed by atoms with Crippen LogP contribution in [0.1, 0.15) is 11.9 Å². The van der Waals surface area contributed by atoms with Gasteiger partial charge >= 0.3 is 0 Å². The highest BCUT2D eigenvalue weighted by atomic mass is 32.1. The number of amides is 1. The van der Waals surface area contributed by atoms with Gasteiger partial charge in [-0.05, 0) is 13.8 Å². The van der Waals surface area contributed by atoms with Gasteiger partial charge in [-0.25, -0.2) is 0 Å². The molecule has 0 aliphatic rings.